The summed E-state index contributed by atoms with van der Waals surface area (Å²) < 4.78 is 1.35. The van der Waals surface area contributed by atoms with Crippen molar-refractivity contribution < 1.29 is 4.79 Å². The van der Waals surface area contributed by atoms with Gasteiger partial charge in [-0.15, -0.1) is 0 Å². The number of hydrogen-bond acceptors (Lipinski definition) is 3. The third kappa shape index (κ3) is 3.69. The van der Waals surface area contributed by atoms with Crippen LogP contribution >= 0.6 is 0 Å². The van der Waals surface area contributed by atoms with Gasteiger partial charge in [-0.25, -0.2) is 4.68 Å². The fraction of sp³-hybridized carbons (Fsp3) is 0.0385. The number of rotatable bonds is 4. The summed E-state index contributed by atoms with van der Waals surface area (Å²) >= 11 is 0. The van der Waals surface area contributed by atoms with E-state index in [0.29, 0.717) is 23.0 Å². The van der Waals surface area contributed by atoms with Crippen molar-refractivity contribution in [1.29, 1.82) is 0 Å². The summed E-state index contributed by atoms with van der Waals surface area (Å²) in [6, 6.07) is 30.4. The zero-order valence-corrected chi connectivity index (χ0v) is 16.7. The molecule has 0 bridgehead atoms. The smallest absolute Gasteiger partial charge is 0.276 e. The minimum absolute atomic E-state index is 0.221. The maximum atomic E-state index is 13.2. The topological polar surface area (TPSA) is 64.0 Å². The molecule has 5 rings (SSSR count). The summed E-state index contributed by atoms with van der Waals surface area (Å²) in [5, 5.41) is 10.5. The lowest BCUT2D eigenvalue weighted by molar-refractivity contribution is 0.102. The molecule has 0 aliphatic heterocycles. The molecule has 0 unspecified atom stereocenters. The quantitative estimate of drug-likeness (QED) is 0.465. The van der Waals surface area contributed by atoms with Gasteiger partial charge in [0, 0.05) is 11.1 Å². The van der Waals surface area contributed by atoms with Gasteiger partial charge in [0.1, 0.15) is 0 Å². The zero-order chi connectivity index (χ0) is 21.2. The summed E-state index contributed by atoms with van der Waals surface area (Å²) in [6.07, 6.45) is 0. The third-order valence-corrected chi connectivity index (χ3v) is 5.27. The van der Waals surface area contributed by atoms with Gasteiger partial charge in [-0.2, -0.15) is 5.10 Å². The van der Waals surface area contributed by atoms with Gasteiger partial charge in [-0.05, 0) is 34.5 Å². The second kappa shape index (κ2) is 7.88. The number of amides is 1. The fourth-order valence-corrected chi connectivity index (χ4v) is 3.72. The maximum Gasteiger partial charge on any atom is 0.276 e. The van der Waals surface area contributed by atoms with E-state index in [2.05, 4.69) is 10.4 Å². The molecule has 1 amide bonds. The first-order valence-electron chi connectivity index (χ1n) is 10.0. The van der Waals surface area contributed by atoms with Crippen LogP contribution in [0.1, 0.15) is 16.1 Å². The maximum absolute atomic E-state index is 13.2. The van der Waals surface area contributed by atoms with Gasteiger partial charge in [0.15, 0.2) is 5.69 Å². The van der Waals surface area contributed by atoms with E-state index in [1.54, 1.807) is 24.3 Å². The summed E-state index contributed by atoms with van der Waals surface area (Å²) in [4.78, 5) is 26.2. The van der Waals surface area contributed by atoms with Crippen LogP contribution in [-0.4, -0.2) is 15.7 Å². The van der Waals surface area contributed by atoms with E-state index in [-0.39, 0.29) is 17.2 Å². The number of carbonyl (C=O) groups is 1. The summed E-state index contributed by atoms with van der Waals surface area (Å²) in [5.41, 5.74) is 1.62. The second-order valence-corrected chi connectivity index (χ2v) is 7.36. The van der Waals surface area contributed by atoms with Gasteiger partial charge >= 0.3 is 0 Å². The number of benzene rings is 4. The molecular formula is C26H19N3O2. The van der Waals surface area contributed by atoms with Crippen LogP contribution in [0.2, 0.25) is 0 Å². The highest BCUT2D eigenvalue weighted by atomic mass is 16.2. The van der Waals surface area contributed by atoms with Gasteiger partial charge in [0.05, 0.1) is 11.9 Å². The van der Waals surface area contributed by atoms with Crippen LogP contribution < -0.4 is 10.9 Å². The molecule has 5 heteroatoms. The Morgan fingerprint density at radius 1 is 0.774 bits per heavy atom. The number of anilines is 1. The van der Waals surface area contributed by atoms with Crippen LogP contribution in [0.25, 0.3) is 21.5 Å². The zero-order valence-electron chi connectivity index (χ0n) is 16.7. The normalized spacial score (nSPS) is 11.0. The standard InChI is InChI=1S/C26H19N3O2/c30-25(27-21-15-14-19-10-4-5-11-20(19)16-21)24-22-12-6-7-13-23(22)26(31)29(28-24)17-18-8-2-1-3-9-18/h1-16H,17H2,(H,27,30). The van der Waals surface area contributed by atoms with Crippen molar-refractivity contribution in [2.75, 3.05) is 5.32 Å². The molecule has 1 N–H and O–H groups in total. The molecule has 0 aliphatic rings. The molecule has 4 aromatic carbocycles. The lowest BCUT2D eigenvalue weighted by atomic mass is 10.1. The molecule has 0 spiro atoms. The van der Waals surface area contributed by atoms with Crippen molar-refractivity contribution in [2.45, 2.75) is 6.54 Å². The molecular weight excluding hydrogens is 386 g/mol. The number of carbonyl (C=O) groups excluding carboxylic acids is 1. The molecule has 0 aliphatic carbocycles. The molecule has 0 saturated carbocycles. The van der Waals surface area contributed by atoms with Gasteiger partial charge in [-0.3, -0.25) is 9.59 Å². The van der Waals surface area contributed by atoms with Gasteiger partial charge in [0.2, 0.25) is 0 Å². The van der Waals surface area contributed by atoms with Crippen LogP contribution in [0.3, 0.4) is 0 Å². The van der Waals surface area contributed by atoms with Gasteiger partial charge in [-0.1, -0.05) is 78.9 Å². The highest BCUT2D eigenvalue weighted by Gasteiger charge is 2.17. The van der Waals surface area contributed by atoms with Crippen molar-refractivity contribution in [3.8, 4) is 0 Å². The molecule has 1 aromatic heterocycles. The van der Waals surface area contributed by atoms with Crippen molar-refractivity contribution in [1.82, 2.24) is 9.78 Å². The first-order valence-corrected chi connectivity index (χ1v) is 10.0. The Labute approximate surface area is 178 Å². The Hall–Kier alpha value is -4.25. The van der Waals surface area contributed by atoms with E-state index in [9.17, 15) is 9.59 Å². The van der Waals surface area contributed by atoms with Gasteiger partial charge in [0.25, 0.3) is 11.5 Å². The summed E-state index contributed by atoms with van der Waals surface area (Å²) in [6.45, 7) is 0.292. The highest BCUT2D eigenvalue weighted by molar-refractivity contribution is 6.11. The Morgan fingerprint density at radius 3 is 2.26 bits per heavy atom. The van der Waals surface area contributed by atoms with Crippen molar-refractivity contribution in [3.63, 3.8) is 0 Å². The molecule has 5 aromatic rings. The molecule has 0 fully saturated rings. The molecule has 5 nitrogen and oxygen atoms in total. The van der Waals surface area contributed by atoms with Crippen LogP contribution in [0.4, 0.5) is 5.69 Å². The molecule has 0 saturated heterocycles. The van der Waals surface area contributed by atoms with E-state index < -0.39 is 0 Å². The van der Waals surface area contributed by atoms with E-state index in [1.807, 2.05) is 72.8 Å². The van der Waals surface area contributed by atoms with Crippen molar-refractivity contribution in [3.05, 3.63) is 119 Å². The van der Waals surface area contributed by atoms with Crippen molar-refractivity contribution >= 4 is 33.1 Å². The average Bonchev–Trinajstić information content (AvgIpc) is 2.81. The summed E-state index contributed by atoms with van der Waals surface area (Å²) in [5.74, 6) is -0.353. The fourth-order valence-electron chi connectivity index (χ4n) is 3.72. The lowest BCUT2D eigenvalue weighted by Crippen LogP contribution is -2.28. The minimum Gasteiger partial charge on any atom is -0.321 e. The number of hydrogen-bond donors (Lipinski definition) is 1. The number of nitrogens with one attached hydrogen (secondary N) is 1. The van der Waals surface area contributed by atoms with Crippen LogP contribution in [0.5, 0.6) is 0 Å². The van der Waals surface area contributed by atoms with Crippen LogP contribution in [0.15, 0.2) is 102 Å². The first kappa shape index (κ1) is 18.8. The highest BCUT2D eigenvalue weighted by Crippen LogP contribution is 2.20. The van der Waals surface area contributed by atoms with E-state index in [0.717, 1.165) is 16.3 Å². The predicted octanol–water partition coefficient (Wildman–Crippen LogP) is 4.85. The van der Waals surface area contributed by atoms with E-state index >= 15 is 0 Å². The Bertz CT molecular complexity index is 1470. The Morgan fingerprint density at radius 2 is 1.45 bits per heavy atom. The molecule has 1 heterocycles. The minimum atomic E-state index is -0.353. The van der Waals surface area contributed by atoms with E-state index in [1.165, 1.54) is 4.68 Å². The number of nitrogens with zero attached hydrogens (tertiary/aromatic N) is 2. The molecule has 31 heavy (non-hydrogen) atoms. The van der Waals surface area contributed by atoms with Crippen molar-refractivity contribution in [2.24, 2.45) is 0 Å². The van der Waals surface area contributed by atoms with E-state index in [4.69, 9.17) is 0 Å². The number of aromatic nitrogens is 2. The SMILES string of the molecule is O=C(Nc1ccc2ccccc2c1)c1nn(Cc2ccccc2)c(=O)c2ccccc12. The largest absolute Gasteiger partial charge is 0.321 e. The van der Waals surface area contributed by atoms with Crippen LogP contribution in [-0.2, 0) is 6.54 Å². The Balaban J connectivity index is 1.56. The molecule has 150 valence electrons. The monoisotopic (exact) mass is 405 g/mol. The lowest BCUT2D eigenvalue weighted by Gasteiger charge is -2.12. The van der Waals surface area contributed by atoms with Gasteiger partial charge < -0.3 is 5.32 Å². The first-order chi connectivity index (χ1) is 15.2. The third-order valence-electron chi connectivity index (χ3n) is 5.27. The molecule has 0 atom stereocenters. The number of fused-ring (bicyclic) bond motifs is 2. The average molecular weight is 405 g/mol. The van der Waals surface area contributed by atoms with Crippen LogP contribution in [0, 0.1) is 0 Å². The molecule has 0 radical (unpaired) electrons. The predicted molar refractivity (Wildman–Crippen MR) is 123 cm³/mol. The Kier molecular flexibility index (Phi) is 4.77. The second-order valence-electron chi connectivity index (χ2n) is 7.36. The summed E-state index contributed by atoms with van der Waals surface area (Å²) in [7, 11) is 0.